The zero-order valence-corrected chi connectivity index (χ0v) is 8.65. The van der Waals surface area contributed by atoms with Crippen molar-refractivity contribution < 1.29 is 13.2 Å². The predicted octanol–water partition coefficient (Wildman–Crippen LogP) is 1.93. The van der Waals surface area contributed by atoms with Crippen molar-refractivity contribution in [3.05, 3.63) is 41.9 Å². The Balaban J connectivity index is 2.17. The standard InChI is InChI=1S/C10H9F3N4/c11-10(12,13)8-4-5-17(16-8)6-7-2-1-3-9(14)15-7/h1-5H,6H2,(H2,14,15). The van der Waals surface area contributed by atoms with Crippen molar-refractivity contribution in [3.63, 3.8) is 0 Å². The molecule has 7 heteroatoms. The Morgan fingerprint density at radius 1 is 1.24 bits per heavy atom. The highest BCUT2D eigenvalue weighted by Gasteiger charge is 2.33. The minimum Gasteiger partial charge on any atom is -0.384 e. The largest absolute Gasteiger partial charge is 0.435 e. The Labute approximate surface area is 94.9 Å². The smallest absolute Gasteiger partial charge is 0.384 e. The van der Waals surface area contributed by atoms with Gasteiger partial charge in [-0.2, -0.15) is 18.3 Å². The molecule has 2 N–H and O–H groups in total. The molecule has 0 bridgehead atoms. The summed E-state index contributed by atoms with van der Waals surface area (Å²) < 4.78 is 38.0. The SMILES string of the molecule is Nc1cccc(Cn2ccc(C(F)(F)F)n2)n1. The van der Waals surface area contributed by atoms with E-state index in [2.05, 4.69) is 10.1 Å². The molecule has 0 atom stereocenters. The molecule has 2 aromatic rings. The molecule has 0 fully saturated rings. The number of halogens is 3. The topological polar surface area (TPSA) is 56.7 Å². The third kappa shape index (κ3) is 2.74. The van der Waals surface area contributed by atoms with Gasteiger partial charge in [0.2, 0.25) is 0 Å². The monoisotopic (exact) mass is 242 g/mol. The summed E-state index contributed by atoms with van der Waals surface area (Å²) in [5.74, 6) is 0.325. The van der Waals surface area contributed by atoms with Gasteiger partial charge in [0.15, 0.2) is 5.69 Å². The van der Waals surface area contributed by atoms with Crippen LogP contribution in [0.3, 0.4) is 0 Å². The maximum Gasteiger partial charge on any atom is 0.435 e. The van der Waals surface area contributed by atoms with Crippen LogP contribution in [0.1, 0.15) is 11.4 Å². The number of hydrogen-bond donors (Lipinski definition) is 1. The first-order valence-electron chi connectivity index (χ1n) is 4.77. The molecule has 2 aromatic heterocycles. The lowest BCUT2D eigenvalue weighted by Crippen LogP contribution is -2.09. The minimum absolute atomic E-state index is 0.154. The van der Waals surface area contributed by atoms with Gasteiger partial charge in [0.1, 0.15) is 5.82 Å². The van der Waals surface area contributed by atoms with Crippen LogP contribution >= 0.6 is 0 Å². The lowest BCUT2D eigenvalue weighted by atomic mass is 10.3. The predicted molar refractivity (Wildman–Crippen MR) is 55.0 cm³/mol. The van der Waals surface area contributed by atoms with Crippen molar-refractivity contribution in [1.82, 2.24) is 14.8 Å². The number of hydrogen-bond acceptors (Lipinski definition) is 3. The molecule has 0 aromatic carbocycles. The molecule has 0 unspecified atom stereocenters. The molecule has 4 nitrogen and oxygen atoms in total. The van der Waals surface area contributed by atoms with Crippen molar-refractivity contribution in [1.29, 1.82) is 0 Å². The van der Waals surface area contributed by atoms with Gasteiger partial charge in [-0.25, -0.2) is 4.98 Å². The van der Waals surface area contributed by atoms with Crippen LogP contribution in [0.4, 0.5) is 19.0 Å². The Kier molecular flexibility index (Phi) is 2.74. The van der Waals surface area contributed by atoms with Gasteiger partial charge in [-0.3, -0.25) is 4.68 Å². The number of rotatable bonds is 2. The summed E-state index contributed by atoms with van der Waals surface area (Å²) in [6, 6.07) is 5.89. The van der Waals surface area contributed by atoms with Crippen LogP contribution in [-0.4, -0.2) is 14.8 Å². The quantitative estimate of drug-likeness (QED) is 0.875. The molecule has 0 saturated carbocycles. The van der Waals surface area contributed by atoms with E-state index >= 15 is 0 Å². The van der Waals surface area contributed by atoms with E-state index in [1.54, 1.807) is 18.2 Å². The average molecular weight is 242 g/mol. The molecule has 2 rings (SSSR count). The molecule has 0 aliphatic rings. The van der Waals surface area contributed by atoms with E-state index in [-0.39, 0.29) is 6.54 Å². The van der Waals surface area contributed by atoms with Gasteiger partial charge in [-0.05, 0) is 18.2 Å². The Morgan fingerprint density at radius 3 is 2.59 bits per heavy atom. The molecule has 0 radical (unpaired) electrons. The van der Waals surface area contributed by atoms with Crippen LogP contribution < -0.4 is 5.73 Å². The van der Waals surface area contributed by atoms with Crippen molar-refractivity contribution in [3.8, 4) is 0 Å². The fourth-order valence-corrected chi connectivity index (χ4v) is 1.35. The molecule has 17 heavy (non-hydrogen) atoms. The van der Waals surface area contributed by atoms with Gasteiger partial charge >= 0.3 is 6.18 Å². The number of aromatic nitrogens is 3. The summed E-state index contributed by atoms with van der Waals surface area (Å²) in [6.45, 7) is 0.154. The molecule has 0 amide bonds. The summed E-state index contributed by atoms with van der Waals surface area (Å²) in [5.41, 5.74) is 5.11. The highest BCUT2D eigenvalue weighted by molar-refractivity contribution is 5.28. The number of nitrogen functional groups attached to an aromatic ring is 1. The third-order valence-corrected chi connectivity index (χ3v) is 2.08. The molecular weight excluding hydrogens is 233 g/mol. The van der Waals surface area contributed by atoms with E-state index in [1.807, 2.05) is 0 Å². The van der Waals surface area contributed by atoms with E-state index in [1.165, 1.54) is 10.9 Å². The van der Waals surface area contributed by atoms with Crippen LogP contribution in [-0.2, 0) is 12.7 Å². The summed E-state index contributed by atoms with van der Waals surface area (Å²) in [4.78, 5) is 3.98. The molecule has 0 aliphatic heterocycles. The van der Waals surface area contributed by atoms with Gasteiger partial charge in [0, 0.05) is 6.20 Å². The number of nitrogens with zero attached hydrogens (tertiary/aromatic N) is 3. The summed E-state index contributed by atoms with van der Waals surface area (Å²) in [5, 5.41) is 3.42. The van der Waals surface area contributed by atoms with E-state index in [4.69, 9.17) is 5.73 Å². The number of alkyl halides is 3. The molecule has 0 spiro atoms. The first-order chi connectivity index (χ1) is 7.95. The minimum atomic E-state index is -4.42. The Hall–Kier alpha value is -2.05. The zero-order chi connectivity index (χ0) is 12.5. The molecule has 2 heterocycles. The zero-order valence-electron chi connectivity index (χ0n) is 8.65. The van der Waals surface area contributed by atoms with E-state index in [9.17, 15) is 13.2 Å². The van der Waals surface area contributed by atoms with Crippen molar-refractivity contribution in [2.75, 3.05) is 5.73 Å². The van der Waals surface area contributed by atoms with Crippen molar-refractivity contribution in [2.24, 2.45) is 0 Å². The highest BCUT2D eigenvalue weighted by atomic mass is 19.4. The second-order valence-electron chi connectivity index (χ2n) is 3.45. The Bertz CT molecular complexity index is 518. The fraction of sp³-hybridized carbons (Fsp3) is 0.200. The van der Waals surface area contributed by atoms with Crippen molar-refractivity contribution in [2.45, 2.75) is 12.7 Å². The Morgan fingerprint density at radius 2 is 2.00 bits per heavy atom. The molecular formula is C10H9F3N4. The first kappa shape index (κ1) is 11.4. The second kappa shape index (κ2) is 4.08. The van der Waals surface area contributed by atoms with E-state index < -0.39 is 11.9 Å². The van der Waals surface area contributed by atoms with Gasteiger partial charge in [-0.15, -0.1) is 0 Å². The maximum absolute atomic E-state index is 12.3. The van der Waals surface area contributed by atoms with Gasteiger partial charge in [-0.1, -0.05) is 6.07 Å². The number of pyridine rings is 1. The highest BCUT2D eigenvalue weighted by Crippen LogP contribution is 2.27. The fourth-order valence-electron chi connectivity index (χ4n) is 1.35. The van der Waals surface area contributed by atoms with Gasteiger partial charge in [0.25, 0.3) is 0 Å². The number of anilines is 1. The van der Waals surface area contributed by atoms with Crippen LogP contribution in [0.15, 0.2) is 30.5 Å². The van der Waals surface area contributed by atoms with Gasteiger partial charge < -0.3 is 5.73 Å². The van der Waals surface area contributed by atoms with Crippen LogP contribution in [0.5, 0.6) is 0 Å². The lowest BCUT2D eigenvalue weighted by Gasteiger charge is -2.03. The second-order valence-corrected chi connectivity index (χ2v) is 3.45. The average Bonchev–Trinajstić information content (AvgIpc) is 2.65. The van der Waals surface area contributed by atoms with Crippen LogP contribution in [0.2, 0.25) is 0 Å². The normalized spacial score (nSPS) is 11.7. The molecule has 0 aliphatic carbocycles. The number of nitrogens with two attached hydrogens (primary N) is 1. The van der Waals surface area contributed by atoms with Crippen molar-refractivity contribution >= 4 is 5.82 Å². The summed E-state index contributed by atoms with van der Waals surface area (Å²) >= 11 is 0. The molecule has 90 valence electrons. The van der Waals surface area contributed by atoms with Gasteiger partial charge in [0.05, 0.1) is 12.2 Å². The molecule has 0 saturated heterocycles. The van der Waals surface area contributed by atoms with E-state index in [0.717, 1.165) is 6.07 Å². The van der Waals surface area contributed by atoms with E-state index in [0.29, 0.717) is 11.5 Å². The lowest BCUT2D eigenvalue weighted by molar-refractivity contribution is -0.141. The van der Waals surface area contributed by atoms with Crippen LogP contribution in [0.25, 0.3) is 0 Å². The maximum atomic E-state index is 12.3. The first-order valence-corrected chi connectivity index (χ1v) is 4.77. The third-order valence-electron chi connectivity index (χ3n) is 2.08. The van der Waals surface area contributed by atoms with Crippen LogP contribution in [0, 0.1) is 0 Å². The summed E-state index contributed by atoms with van der Waals surface area (Å²) in [6.07, 6.45) is -3.16. The summed E-state index contributed by atoms with van der Waals surface area (Å²) in [7, 11) is 0.